The average molecular weight is 336 g/mol. The van der Waals surface area contributed by atoms with Crippen molar-refractivity contribution in [3.63, 3.8) is 0 Å². The SMILES string of the molecule is CSc1ccccc1NC(=O)C[NH+](C)CC(=O)N[C@@H](C)C1CC1. The predicted octanol–water partition coefficient (Wildman–Crippen LogP) is 0.776. The summed E-state index contributed by atoms with van der Waals surface area (Å²) < 4.78 is 0. The Hall–Kier alpha value is -1.53. The number of carbonyl (C=O) groups excluding carboxylic acids is 2. The fourth-order valence-electron chi connectivity index (χ4n) is 2.57. The molecule has 1 unspecified atom stereocenters. The van der Waals surface area contributed by atoms with Crippen LogP contribution in [0.25, 0.3) is 0 Å². The van der Waals surface area contributed by atoms with Crippen LogP contribution in [0.1, 0.15) is 19.8 Å². The number of nitrogens with one attached hydrogen (secondary N) is 3. The fourth-order valence-corrected chi connectivity index (χ4v) is 3.13. The average Bonchev–Trinajstić information content (AvgIpc) is 3.31. The van der Waals surface area contributed by atoms with Gasteiger partial charge >= 0.3 is 0 Å². The predicted molar refractivity (Wildman–Crippen MR) is 93.8 cm³/mol. The summed E-state index contributed by atoms with van der Waals surface area (Å²) in [4.78, 5) is 26.0. The molecule has 1 fully saturated rings. The summed E-state index contributed by atoms with van der Waals surface area (Å²) in [6.07, 6.45) is 4.40. The molecule has 0 bridgehead atoms. The Morgan fingerprint density at radius 1 is 1.26 bits per heavy atom. The molecule has 2 rings (SSSR count). The van der Waals surface area contributed by atoms with E-state index in [0.717, 1.165) is 15.5 Å². The largest absolute Gasteiger partial charge is 0.348 e. The van der Waals surface area contributed by atoms with E-state index in [1.807, 2.05) is 37.6 Å². The Morgan fingerprint density at radius 3 is 2.57 bits per heavy atom. The lowest BCUT2D eigenvalue weighted by molar-refractivity contribution is -0.862. The van der Waals surface area contributed by atoms with Crippen molar-refractivity contribution in [3.8, 4) is 0 Å². The van der Waals surface area contributed by atoms with Gasteiger partial charge in [0, 0.05) is 10.9 Å². The summed E-state index contributed by atoms with van der Waals surface area (Å²) in [5.74, 6) is 0.580. The van der Waals surface area contributed by atoms with E-state index in [9.17, 15) is 9.59 Å². The van der Waals surface area contributed by atoms with Gasteiger partial charge in [0.2, 0.25) is 0 Å². The van der Waals surface area contributed by atoms with Gasteiger partial charge in [-0.3, -0.25) is 9.59 Å². The van der Waals surface area contributed by atoms with E-state index >= 15 is 0 Å². The number of rotatable bonds is 8. The molecule has 0 heterocycles. The number of carbonyl (C=O) groups is 2. The van der Waals surface area contributed by atoms with Crippen molar-refractivity contribution in [1.82, 2.24) is 5.32 Å². The van der Waals surface area contributed by atoms with Gasteiger partial charge in [0.1, 0.15) is 0 Å². The lowest BCUT2D eigenvalue weighted by atomic mass is 10.2. The number of anilines is 1. The molecule has 1 aromatic rings. The van der Waals surface area contributed by atoms with Gasteiger partial charge in [-0.1, -0.05) is 12.1 Å². The van der Waals surface area contributed by atoms with Crippen LogP contribution < -0.4 is 15.5 Å². The van der Waals surface area contributed by atoms with E-state index in [2.05, 4.69) is 17.6 Å². The molecule has 5 nitrogen and oxygen atoms in total. The molecule has 1 aliphatic rings. The minimum atomic E-state index is -0.0768. The third-order valence-electron chi connectivity index (χ3n) is 4.02. The Labute approximate surface area is 142 Å². The first-order chi connectivity index (χ1) is 11.0. The van der Waals surface area contributed by atoms with Crippen LogP contribution in [0.5, 0.6) is 0 Å². The van der Waals surface area contributed by atoms with Crippen molar-refractivity contribution in [2.45, 2.75) is 30.7 Å². The lowest BCUT2D eigenvalue weighted by Gasteiger charge is -2.17. The van der Waals surface area contributed by atoms with Crippen LogP contribution >= 0.6 is 11.8 Å². The van der Waals surface area contributed by atoms with E-state index < -0.39 is 0 Å². The summed E-state index contributed by atoms with van der Waals surface area (Å²) in [5, 5.41) is 5.94. The lowest BCUT2D eigenvalue weighted by Crippen LogP contribution is -3.11. The van der Waals surface area contributed by atoms with E-state index in [4.69, 9.17) is 0 Å². The maximum Gasteiger partial charge on any atom is 0.279 e. The van der Waals surface area contributed by atoms with E-state index in [1.54, 1.807) is 11.8 Å². The first-order valence-electron chi connectivity index (χ1n) is 8.03. The fraction of sp³-hybridized carbons (Fsp3) is 0.529. The van der Waals surface area contributed by atoms with Crippen LogP contribution in [0, 0.1) is 5.92 Å². The summed E-state index contributed by atoms with van der Waals surface area (Å²) >= 11 is 1.60. The zero-order chi connectivity index (χ0) is 16.8. The Balaban J connectivity index is 1.76. The van der Waals surface area contributed by atoms with Gasteiger partial charge in [-0.05, 0) is 44.1 Å². The monoisotopic (exact) mass is 336 g/mol. The number of para-hydroxylation sites is 1. The molecule has 0 aliphatic heterocycles. The molecule has 2 atom stereocenters. The molecular weight excluding hydrogens is 310 g/mol. The van der Waals surface area contributed by atoms with Crippen LogP contribution in [0.15, 0.2) is 29.2 Å². The van der Waals surface area contributed by atoms with Crippen LogP contribution in [-0.2, 0) is 9.59 Å². The van der Waals surface area contributed by atoms with Gasteiger partial charge in [0.25, 0.3) is 11.8 Å². The number of likely N-dealkylation sites (N-methyl/N-ethyl adjacent to an activating group) is 1. The number of quaternary nitrogens is 1. The van der Waals surface area contributed by atoms with Gasteiger partial charge in [0.15, 0.2) is 13.1 Å². The molecule has 0 saturated heterocycles. The third kappa shape index (κ3) is 5.88. The minimum Gasteiger partial charge on any atom is -0.348 e. The van der Waals surface area contributed by atoms with Gasteiger partial charge < -0.3 is 15.5 Å². The van der Waals surface area contributed by atoms with Gasteiger partial charge in [-0.2, -0.15) is 0 Å². The highest BCUT2D eigenvalue weighted by atomic mass is 32.2. The Bertz CT molecular complexity index is 561. The summed E-state index contributed by atoms with van der Waals surface area (Å²) in [6, 6.07) is 7.97. The number of amides is 2. The number of thioether (sulfide) groups is 1. The van der Waals surface area contributed by atoms with Crippen molar-refractivity contribution in [2.75, 3.05) is 31.7 Å². The minimum absolute atomic E-state index is 0.0132. The normalized spacial score (nSPS) is 16.5. The number of benzene rings is 1. The van der Waals surface area contributed by atoms with Crippen molar-refractivity contribution in [1.29, 1.82) is 0 Å². The van der Waals surface area contributed by atoms with Crippen LogP contribution in [-0.4, -0.2) is 44.2 Å². The molecule has 1 aliphatic carbocycles. The standard InChI is InChI=1S/C17H25N3O2S/c1-12(13-8-9-13)18-16(21)10-20(2)11-17(22)19-14-6-4-5-7-15(14)23-3/h4-7,12-13H,8-11H2,1-3H3,(H,18,21)(H,19,22)/p+1/t12-/m0/s1. The van der Waals surface area contributed by atoms with E-state index in [-0.39, 0.29) is 24.4 Å². The topological polar surface area (TPSA) is 62.6 Å². The highest BCUT2D eigenvalue weighted by molar-refractivity contribution is 7.98. The van der Waals surface area contributed by atoms with Crippen molar-refractivity contribution in [3.05, 3.63) is 24.3 Å². The summed E-state index contributed by atoms with van der Waals surface area (Å²) in [5.41, 5.74) is 0.824. The molecule has 1 saturated carbocycles. The Morgan fingerprint density at radius 2 is 1.91 bits per heavy atom. The highest BCUT2D eigenvalue weighted by Gasteiger charge is 2.29. The Kier molecular flexibility index (Phi) is 6.47. The third-order valence-corrected chi connectivity index (χ3v) is 4.82. The maximum atomic E-state index is 12.1. The second kappa shape index (κ2) is 8.36. The molecule has 6 heteroatoms. The van der Waals surface area contributed by atoms with Crippen LogP contribution in [0.3, 0.4) is 0 Å². The van der Waals surface area contributed by atoms with Crippen molar-refractivity contribution < 1.29 is 14.5 Å². The van der Waals surface area contributed by atoms with Gasteiger partial charge in [-0.25, -0.2) is 0 Å². The summed E-state index contributed by atoms with van der Waals surface area (Å²) in [6.45, 7) is 2.64. The zero-order valence-electron chi connectivity index (χ0n) is 14.0. The maximum absolute atomic E-state index is 12.1. The molecule has 0 spiro atoms. The first-order valence-corrected chi connectivity index (χ1v) is 9.25. The molecule has 23 heavy (non-hydrogen) atoms. The van der Waals surface area contributed by atoms with Crippen LogP contribution in [0.4, 0.5) is 5.69 Å². The number of hydrogen-bond donors (Lipinski definition) is 3. The van der Waals surface area contributed by atoms with Crippen LogP contribution in [0.2, 0.25) is 0 Å². The quantitative estimate of drug-likeness (QED) is 0.615. The molecule has 126 valence electrons. The molecule has 1 aromatic carbocycles. The molecule has 3 N–H and O–H groups in total. The first kappa shape index (κ1) is 17.8. The highest BCUT2D eigenvalue weighted by Crippen LogP contribution is 2.32. The van der Waals surface area contributed by atoms with Crippen molar-refractivity contribution >= 4 is 29.3 Å². The van der Waals surface area contributed by atoms with Gasteiger partial charge in [0.05, 0.1) is 12.7 Å². The van der Waals surface area contributed by atoms with Gasteiger partial charge in [-0.15, -0.1) is 11.8 Å². The second-order valence-electron chi connectivity index (χ2n) is 6.25. The van der Waals surface area contributed by atoms with E-state index in [1.165, 1.54) is 12.8 Å². The molecule has 2 amide bonds. The second-order valence-corrected chi connectivity index (χ2v) is 7.10. The number of hydrogen-bond acceptors (Lipinski definition) is 3. The smallest absolute Gasteiger partial charge is 0.279 e. The molecule has 0 aromatic heterocycles. The summed E-state index contributed by atoms with van der Waals surface area (Å²) in [7, 11) is 1.86. The molecule has 0 radical (unpaired) electrons. The van der Waals surface area contributed by atoms with E-state index in [0.29, 0.717) is 12.5 Å². The van der Waals surface area contributed by atoms with Crippen molar-refractivity contribution in [2.24, 2.45) is 5.92 Å². The zero-order valence-corrected chi connectivity index (χ0v) is 14.8. The molecular formula is C17H26N3O2S+.